The molecule has 0 saturated carbocycles. The number of ether oxygens (including phenoxy) is 3. The van der Waals surface area contributed by atoms with Crippen molar-refractivity contribution in [3.63, 3.8) is 0 Å². The second kappa shape index (κ2) is 8.18. The first kappa shape index (κ1) is 19.9. The van der Waals surface area contributed by atoms with Gasteiger partial charge < -0.3 is 25.1 Å². The van der Waals surface area contributed by atoms with Crippen LogP contribution in [0.2, 0.25) is 0 Å². The molecule has 6 nitrogen and oxygen atoms in total. The summed E-state index contributed by atoms with van der Waals surface area (Å²) in [4.78, 5) is 11.7. The minimum absolute atomic E-state index is 0.401. The standard InChI is InChI=1S/C24H23NO5/c1-28-17-7-9-20-22(13-17)30-23-14-18(29-12-4-11-25)8-10-21(23)24(20,27)19-6-3-2-5-16(19)15-26/h2-3,5-10,13-15,27H,4,11-12,25H2,1H3. The van der Waals surface area contributed by atoms with Gasteiger partial charge in [0.25, 0.3) is 0 Å². The molecule has 4 rings (SSSR count). The predicted molar refractivity (Wildman–Crippen MR) is 113 cm³/mol. The molecule has 3 aromatic rings. The van der Waals surface area contributed by atoms with Crippen LogP contribution in [-0.4, -0.2) is 31.7 Å². The van der Waals surface area contributed by atoms with Crippen molar-refractivity contribution in [3.8, 4) is 23.0 Å². The molecule has 0 bridgehead atoms. The van der Waals surface area contributed by atoms with Crippen molar-refractivity contribution in [1.82, 2.24) is 0 Å². The van der Waals surface area contributed by atoms with Gasteiger partial charge in [-0.15, -0.1) is 0 Å². The summed E-state index contributed by atoms with van der Waals surface area (Å²) >= 11 is 0. The van der Waals surface area contributed by atoms with Crippen LogP contribution in [0.5, 0.6) is 23.0 Å². The Labute approximate surface area is 174 Å². The van der Waals surface area contributed by atoms with Gasteiger partial charge in [-0.05, 0) is 37.2 Å². The van der Waals surface area contributed by atoms with Gasteiger partial charge >= 0.3 is 0 Å². The number of benzene rings is 3. The van der Waals surface area contributed by atoms with Crippen LogP contribution >= 0.6 is 0 Å². The van der Waals surface area contributed by atoms with Crippen LogP contribution < -0.4 is 19.9 Å². The number of methoxy groups -OCH3 is 1. The monoisotopic (exact) mass is 405 g/mol. The van der Waals surface area contributed by atoms with Gasteiger partial charge in [-0.3, -0.25) is 4.79 Å². The van der Waals surface area contributed by atoms with Crippen molar-refractivity contribution in [2.24, 2.45) is 5.73 Å². The number of nitrogens with two attached hydrogens (primary N) is 1. The SMILES string of the molecule is COc1ccc2c(c1)Oc1cc(OCCCN)ccc1C2(O)c1ccccc1C=O. The lowest BCUT2D eigenvalue weighted by Crippen LogP contribution is -2.33. The van der Waals surface area contributed by atoms with E-state index in [2.05, 4.69) is 0 Å². The van der Waals surface area contributed by atoms with Crippen molar-refractivity contribution in [1.29, 1.82) is 0 Å². The summed E-state index contributed by atoms with van der Waals surface area (Å²) in [5.74, 6) is 2.10. The van der Waals surface area contributed by atoms with Crippen molar-refractivity contribution < 1.29 is 24.1 Å². The lowest BCUT2D eigenvalue weighted by Gasteiger charge is -2.37. The third-order valence-corrected chi connectivity index (χ3v) is 5.24. The second-order valence-corrected chi connectivity index (χ2v) is 7.03. The van der Waals surface area contributed by atoms with E-state index in [0.29, 0.717) is 58.4 Å². The molecule has 0 spiro atoms. The first-order valence-electron chi connectivity index (χ1n) is 9.72. The Morgan fingerprint density at radius 1 is 1.00 bits per heavy atom. The normalized spacial score (nSPS) is 16.8. The highest BCUT2D eigenvalue weighted by atomic mass is 16.5. The van der Waals surface area contributed by atoms with Crippen LogP contribution in [-0.2, 0) is 5.60 Å². The van der Waals surface area contributed by atoms with E-state index in [4.69, 9.17) is 19.9 Å². The van der Waals surface area contributed by atoms with E-state index in [1.165, 1.54) is 0 Å². The molecule has 1 aliphatic rings. The molecule has 0 aromatic heterocycles. The molecule has 1 aliphatic heterocycles. The highest BCUT2D eigenvalue weighted by Crippen LogP contribution is 2.52. The van der Waals surface area contributed by atoms with Crippen LogP contribution in [0.3, 0.4) is 0 Å². The molecular formula is C24H23NO5. The fraction of sp³-hybridized carbons (Fsp3) is 0.208. The average molecular weight is 405 g/mol. The van der Waals surface area contributed by atoms with Crippen LogP contribution in [0.1, 0.15) is 33.5 Å². The van der Waals surface area contributed by atoms with Gasteiger partial charge in [0.2, 0.25) is 0 Å². The molecule has 3 aromatic carbocycles. The highest BCUT2D eigenvalue weighted by Gasteiger charge is 2.43. The smallest absolute Gasteiger partial charge is 0.150 e. The van der Waals surface area contributed by atoms with Gasteiger partial charge in [-0.25, -0.2) is 0 Å². The summed E-state index contributed by atoms with van der Waals surface area (Å²) in [6.45, 7) is 1.02. The molecule has 1 heterocycles. The van der Waals surface area contributed by atoms with Gasteiger partial charge in [-0.1, -0.05) is 24.3 Å². The summed E-state index contributed by atoms with van der Waals surface area (Å²) in [5, 5.41) is 12.1. The van der Waals surface area contributed by atoms with Gasteiger partial charge in [0.05, 0.1) is 13.7 Å². The van der Waals surface area contributed by atoms with E-state index < -0.39 is 5.60 Å². The summed E-state index contributed by atoms with van der Waals surface area (Å²) in [5.41, 5.74) is 5.89. The predicted octanol–water partition coefficient (Wildman–Crippen LogP) is 3.63. The van der Waals surface area contributed by atoms with E-state index in [0.717, 1.165) is 12.7 Å². The summed E-state index contributed by atoms with van der Waals surface area (Å²) in [6.07, 6.45) is 1.48. The Morgan fingerprint density at radius 3 is 2.33 bits per heavy atom. The number of rotatable bonds is 7. The Morgan fingerprint density at radius 2 is 1.67 bits per heavy atom. The lowest BCUT2D eigenvalue weighted by atomic mass is 9.76. The zero-order valence-corrected chi connectivity index (χ0v) is 16.6. The highest BCUT2D eigenvalue weighted by molar-refractivity contribution is 5.80. The Bertz CT molecular complexity index is 1080. The van der Waals surface area contributed by atoms with E-state index in [1.807, 2.05) is 0 Å². The Hall–Kier alpha value is -3.35. The van der Waals surface area contributed by atoms with Crippen LogP contribution in [0.25, 0.3) is 0 Å². The van der Waals surface area contributed by atoms with Crippen LogP contribution in [0.4, 0.5) is 0 Å². The number of hydrogen-bond donors (Lipinski definition) is 2. The van der Waals surface area contributed by atoms with Gasteiger partial charge in [0, 0.05) is 34.4 Å². The van der Waals surface area contributed by atoms with Crippen molar-refractivity contribution in [2.75, 3.05) is 20.3 Å². The van der Waals surface area contributed by atoms with Gasteiger partial charge in [0.1, 0.15) is 34.9 Å². The number of carbonyl (C=O) groups excluding carboxylic acids is 1. The number of aldehydes is 1. The zero-order valence-electron chi connectivity index (χ0n) is 16.6. The fourth-order valence-corrected chi connectivity index (χ4v) is 3.75. The van der Waals surface area contributed by atoms with Crippen molar-refractivity contribution in [2.45, 2.75) is 12.0 Å². The fourth-order valence-electron chi connectivity index (χ4n) is 3.75. The molecule has 6 heteroatoms. The molecule has 154 valence electrons. The second-order valence-electron chi connectivity index (χ2n) is 7.03. The zero-order chi connectivity index (χ0) is 21.1. The number of fused-ring (bicyclic) bond motifs is 2. The number of aliphatic hydroxyl groups is 1. The largest absolute Gasteiger partial charge is 0.497 e. The van der Waals surface area contributed by atoms with E-state index >= 15 is 0 Å². The molecule has 1 unspecified atom stereocenters. The maximum absolute atomic E-state index is 12.1. The number of hydrogen-bond acceptors (Lipinski definition) is 6. The molecule has 0 amide bonds. The minimum Gasteiger partial charge on any atom is -0.497 e. The molecule has 0 radical (unpaired) electrons. The van der Waals surface area contributed by atoms with Gasteiger partial charge in [0.15, 0.2) is 0 Å². The topological polar surface area (TPSA) is 91.0 Å². The average Bonchev–Trinajstić information content (AvgIpc) is 2.78. The molecule has 0 saturated heterocycles. The minimum atomic E-state index is -1.58. The molecular weight excluding hydrogens is 382 g/mol. The van der Waals surface area contributed by atoms with Gasteiger partial charge in [-0.2, -0.15) is 0 Å². The molecule has 3 N–H and O–H groups in total. The summed E-state index contributed by atoms with van der Waals surface area (Å²) in [6, 6.07) is 17.5. The molecule has 1 atom stereocenters. The van der Waals surface area contributed by atoms with E-state index in [9.17, 15) is 9.90 Å². The van der Waals surface area contributed by atoms with Crippen molar-refractivity contribution in [3.05, 3.63) is 82.9 Å². The van der Waals surface area contributed by atoms with E-state index in [1.54, 1.807) is 67.8 Å². The van der Waals surface area contributed by atoms with Crippen LogP contribution in [0, 0.1) is 0 Å². The maximum atomic E-state index is 12.1. The van der Waals surface area contributed by atoms with E-state index in [-0.39, 0.29) is 0 Å². The maximum Gasteiger partial charge on any atom is 0.150 e. The quantitative estimate of drug-likeness (QED) is 0.461. The first-order chi connectivity index (χ1) is 14.6. The summed E-state index contributed by atoms with van der Waals surface area (Å²) < 4.78 is 17.2. The van der Waals surface area contributed by atoms with Crippen LogP contribution in [0.15, 0.2) is 60.7 Å². The summed E-state index contributed by atoms with van der Waals surface area (Å²) in [7, 11) is 1.57. The Kier molecular flexibility index (Phi) is 5.44. The molecule has 0 fully saturated rings. The molecule has 30 heavy (non-hydrogen) atoms. The lowest BCUT2D eigenvalue weighted by molar-refractivity contribution is 0.104. The third-order valence-electron chi connectivity index (χ3n) is 5.24. The van der Waals surface area contributed by atoms with Crippen molar-refractivity contribution >= 4 is 6.29 Å². The first-order valence-corrected chi connectivity index (χ1v) is 9.72. The molecule has 0 aliphatic carbocycles. The number of carbonyl (C=O) groups is 1. The third kappa shape index (κ3) is 3.30. The Balaban J connectivity index is 1.90.